The van der Waals surface area contributed by atoms with Crippen LogP contribution in [0, 0.1) is 11.8 Å². The van der Waals surface area contributed by atoms with Crippen LogP contribution in [0.25, 0.3) is 0 Å². The molecule has 1 aliphatic carbocycles. The Labute approximate surface area is 155 Å². The molecule has 0 aromatic heterocycles. The molecule has 5 heteroatoms. The largest absolute Gasteiger partial charge is 0.496 e. The number of nitrogens with zero attached hydrogens (tertiary/aromatic N) is 2. The van der Waals surface area contributed by atoms with E-state index in [1.54, 1.807) is 7.11 Å². The molecule has 0 N–H and O–H groups in total. The van der Waals surface area contributed by atoms with Crippen LogP contribution in [-0.2, 0) is 16.0 Å². The van der Waals surface area contributed by atoms with E-state index in [1.807, 2.05) is 29.2 Å². The zero-order valence-corrected chi connectivity index (χ0v) is 15.5. The van der Waals surface area contributed by atoms with Crippen LogP contribution in [0.2, 0.25) is 0 Å². The molecule has 0 radical (unpaired) electrons. The third-order valence-electron chi connectivity index (χ3n) is 6.10. The second-order valence-electron chi connectivity index (χ2n) is 7.97. The highest BCUT2D eigenvalue weighted by molar-refractivity contribution is 5.83. The summed E-state index contributed by atoms with van der Waals surface area (Å²) >= 11 is 0. The Morgan fingerprint density at radius 1 is 1.15 bits per heavy atom. The quantitative estimate of drug-likeness (QED) is 0.787. The van der Waals surface area contributed by atoms with Gasteiger partial charge in [0.2, 0.25) is 11.8 Å². The minimum absolute atomic E-state index is 0.00251. The van der Waals surface area contributed by atoms with Gasteiger partial charge in [0, 0.05) is 32.1 Å². The number of methoxy groups -OCH3 is 1. The number of carbonyl (C=O) groups excluding carboxylic acids is 2. The summed E-state index contributed by atoms with van der Waals surface area (Å²) in [6, 6.07) is 8.08. The number of rotatable bonds is 6. The van der Waals surface area contributed by atoms with Gasteiger partial charge in [0.05, 0.1) is 13.0 Å². The third kappa shape index (κ3) is 3.57. The van der Waals surface area contributed by atoms with Gasteiger partial charge in [-0.1, -0.05) is 18.2 Å². The first-order valence-corrected chi connectivity index (χ1v) is 9.86. The van der Waals surface area contributed by atoms with Crippen molar-refractivity contribution in [1.29, 1.82) is 0 Å². The highest BCUT2D eigenvalue weighted by Crippen LogP contribution is 2.35. The zero-order chi connectivity index (χ0) is 18.1. The first-order valence-electron chi connectivity index (χ1n) is 9.86. The van der Waals surface area contributed by atoms with Gasteiger partial charge in [0.25, 0.3) is 0 Å². The Morgan fingerprint density at radius 2 is 1.96 bits per heavy atom. The van der Waals surface area contributed by atoms with Gasteiger partial charge in [-0.25, -0.2) is 0 Å². The molecule has 2 atom stereocenters. The van der Waals surface area contributed by atoms with Crippen LogP contribution < -0.4 is 4.74 Å². The molecule has 3 aliphatic heterocycles. The van der Waals surface area contributed by atoms with E-state index in [9.17, 15) is 9.59 Å². The van der Waals surface area contributed by atoms with Crippen LogP contribution in [0.3, 0.4) is 0 Å². The van der Waals surface area contributed by atoms with Gasteiger partial charge in [-0.3, -0.25) is 9.59 Å². The van der Waals surface area contributed by atoms with Crippen molar-refractivity contribution in [3.63, 3.8) is 0 Å². The highest BCUT2D eigenvalue weighted by Gasteiger charge is 2.43. The molecule has 1 saturated carbocycles. The average molecular weight is 356 g/mol. The molecule has 26 heavy (non-hydrogen) atoms. The van der Waals surface area contributed by atoms with Crippen molar-refractivity contribution in [2.45, 2.75) is 44.6 Å². The summed E-state index contributed by atoms with van der Waals surface area (Å²) in [4.78, 5) is 29.7. The molecule has 0 unspecified atom stereocenters. The number of benzene rings is 1. The molecule has 2 bridgehead atoms. The van der Waals surface area contributed by atoms with E-state index in [0.29, 0.717) is 31.8 Å². The molecular formula is C21H28N2O3. The topological polar surface area (TPSA) is 49.9 Å². The van der Waals surface area contributed by atoms with E-state index in [4.69, 9.17) is 4.74 Å². The first-order chi connectivity index (χ1) is 12.7. The summed E-state index contributed by atoms with van der Waals surface area (Å²) in [5, 5.41) is 0. The Hall–Kier alpha value is -2.04. The fourth-order valence-electron chi connectivity index (χ4n) is 4.37. The summed E-state index contributed by atoms with van der Waals surface area (Å²) in [5.74, 6) is 1.99. The number of aryl methyl sites for hydroxylation is 1. The molecule has 4 fully saturated rings. The molecule has 0 spiro atoms. The number of fused-ring (bicyclic) bond motifs is 4. The predicted octanol–water partition coefficient (Wildman–Crippen LogP) is 2.49. The Kier molecular flexibility index (Phi) is 4.88. The molecule has 5 rings (SSSR count). The summed E-state index contributed by atoms with van der Waals surface area (Å²) in [6.07, 6.45) is 5.62. The zero-order valence-electron chi connectivity index (χ0n) is 15.5. The van der Waals surface area contributed by atoms with Gasteiger partial charge in [-0.2, -0.15) is 0 Å². The van der Waals surface area contributed by atoms with Crippen LogP contribution in [0.4, 0.5) is 0 Å². The minimum atomic E-state index is 0.00251. The Bertz CT molecular complexity index is 686. The van der Waals surface area contributed by atoms with Gasteiger partial charge in [-0.05, 0) is 49.7 Å². The highest BCUT2D eigenvalue weighted by atomic mass is 16.5. The van der Waals surface area contributed by atoms with Crippen molar-refractivity contribution in [3.8, 4) is 5.75 Å². The van der Waals surface area contributed by atoms with E-state index in [-0.39, 0.29) is 23.8 Å². The molecule has 2 amide bonds. The number of para-hydroxylation sites is 1. The first kappa shape index (κ1) is 17.4. The molecular weight excluding hydrogens is 328 g/mol. The monoisotopic (exact) mass is 356 g/mol. The van der Waals surface area contributed by atoms with E-state index in [1.165, 1.54) is 12.8 Å². The normalized spacial score (nSPS) is 25.3. The lowest BCUT2D eigenvalue weighted by molar-refractivity contribution is -0.140. The van der Waals surface area contributed by atoms with Gasteiger partial charge in [0.1, 0.15) is 5.75 Å². The van der Waals surface area contributed by atoms with Crippen molar-refractivity contribution in [1.82, 2.24) is 9.80 Å². The summed E-state index contributed by atoms with van der Waals surface area (Å²) < 4.78 is 5.38. The van der Waals surface area contributed by atoms with Gasteiger partial charge >= 0.3 is 0 Å². The Balaban J connectivity index is 1.40. The summed E-state index contributed by atoms with van der Waals surface area (Å²) in [6.45, 7) is 2.21. The molecule has 3 heterocycles. The van der Waals surface area contributed by atoms with E-state index in [2.05, 4.69) is 4.90 Å². The third-order valence-corrected chi connectivity index (χ3v) is 6.10. The van der Waals surface area contributed by atoms with Crippen LogP contribution in [0.1, 0.15) is 37.7 Å². The molecule has 4 aliphatic rings. The fraction of sp³-hybridized carbons (Fsp3) is 0.619. The standard InChI is InChI=1S/C21H28N2O3/c1-26-19-5-3-2-4-16(19)9-11-20(24)22-13-17-8-10-18(14-22)23(21(17)25)12-15-6-7-15/h2-5,15,17-18H,6-14H2,1H3/t17-,18+/m0/s1. The van der Waals surface area contributed by atoms with E-state index < -0.39 is 0 Å². The lowest BCUT2D eigenvalue weighted by Gasteiger charge is -2.36. The number of carbonyl (C=O) groups is 2. The predicted molar refractivity (Wildman–Crippen MR) is 98.8 cm³/mol. The maximum absolute atomic E-state index is 12.8. The summed E-state index contributed by atoms with van der Waals surface area (Å²) in [5.41, 5.74) is 1.06. The van der Waals surface area contributed by atoms with Crippen LogP contribution in [-0.4, -0.2) is 54.4 Å². The van der Waals surface area contributed by atoms with Crippen molar-refractivity contribution in [2.75, 3.05) is 26.7 Å². The molecule has 5 nitrogen and oxygen atoms in total. The lowest BCUT2D eigenvalue weighted by Crippen LogP contribution is -2.48. The van der Waals surface area contributed by atoms with Crippen LogP contribution in [0.5, 0.6) is 5.75 Å². The number of amides is 2. The molecule has 3 saturated heterocycles. The summed E-state index contributed by atoms with van der Waals surface area (Å²) in [7, 11) is 1.66. The molecule has 140 valence electrons. The number of hydrogen-bond acceptors (Lipinski definition) is 3. The molecule has 1 aromatic rings. The van der Waals surface area contributed by atoms with Crippen LogP contribution in [0.15, 0.2) is 24.3 Å². The maximum atomic E-state index is 12.8. The van der Waals surface area contributed by atoms with E-state index >= 15 is 0 Å². The lowest BCUT2D eigenvalue weighted by atomic mass is 9.94. The smallest absolute Gasteiger partial charge is 0.227 e. The van der Waals surface area contributed by atoms with Crippen molar-refractivity contribution >= 4 is 11.8 Å². The van der Waals surface area contributed by atoms with Crippen molar-refractivity contribution in [3.05, 3.63) is 29.8 Å². The minimum Gasteiger partial charge on any atom is -0.496 e. The average Bonchev–Trinajstić information content (AvgIpc) is 3.50. The fourth-order valence-corrected chi connectivity index (χ4v) is 4.37. The van der Waals surface area contributed by atoms with Gasteiger partial charge < -0.3 is 14.5 Å². The van der Waals surface area contributed by atoms with Gasteiger partial charge in [0.15, 0.2) is 0 Å². The van der Waals surface area contributed by atoms with Gasteiger partial charge in [-0.15, -0.1) is 0 Å². The Morgan fingerprint density at radius 3 is 2.73 bits per heavy atom. The maximum Gasteiger partial charge on any atom is 0.227 e. The van der Waals surface area contributed by atoms with Crippen molar-refractivity contribution < 1.29 is 14.3 Å². The van der Waals surface area contributed by atoms with Crippen molar-refractivity contribution in [2.24, 2.45) is 11.8 Å². The number of piperidine rings is 1. The SMILES string of the molecule is COc1ccccc1CCC(=O)N1C[C@@H]2CC[C@H](C1)N(CC1CC1)C2=O. The number of hydrogen-bond donors (Lipinski definition) is 0. The van der Waals surface area contributed by atoms with E-state index in [0.717, 1.165) is 30.7 Å². The number of ether oxygens (including phenoxy) is 1. The second-order valence-corrected chi connectivity index (χ2v) is 7.97. The molecule has 1 aromatic carbocycles. The second kappa shape index (κ2) is 7.29. The van der Waals surface area contributed by atoms with Crippen LogP contribution >= 0.6 is 0 Å².